The summed E-state index contributed by atoms with van der Waals surface area (Å²) in [7, 11) is 1.81. The first kappa shape index (κ1) is 13.9. The Labute approximate surface area is 118 Å². The standard InChI is InChI=1S/C11H11ClN4O2S/c1-6(13-2)10-14-15-11(19-10)9-7(12)4-3-5-8(9)16(17)18/h3-6,13H,1-2H3. The van der Waals surface area contributed by atoms with Crippen LogP contribution in [-0.2, 0) is 0 Å². The molecule has 0 fully saturated rings. The number of nitrogens with one attached hydrogen (secondary N) is 1. The largest absolute Gasteiger partial charge is 0.311 e. The highest BCUT2D eigenvalue weighted by atomic mass is 35.5. The first-order chi connectivity index (χ1) is 9.04. The Morgan fingerprint density at radius 3 is 2.84 bits per heavy atom. The van der Waals surface area contributed by atoms with Gasteiger partial charge in [-0.05, 0) is 20.0 Å². The highest BCUT2D eigenvalue weighted by Gasteiger charge is 2.22. The summed E-state index contributed by atoms with van der Waals surface area (Å²) in [4.78, 5) is 10.6. The van der Waals surface area contributed by atoms with E-state index in [1.165, 1.54) is 17.4 Å². The van der Waals surface area contributed by atoms with Crippen LogP contribution in [0.25, 0.3) is 10.6 Å². The minimum Gasteiger partial charge on any atom is -0.311 e. The van der Waals surface area contributed by atoms with Crippen LogP contribution in [0.2, 0.25) is 5.02 Å². The second-order valence-corrected chi connectivity index (χ2v) is 5.26. The normalized spacial score (nSPS) is 12.4. The number of aromatic nitrogens is 2. The molecule has 19 heavy (non-hydrogen) atoms. The van der Waals surface area contributed by atoms with E-state index in [4.69, 9.17) is 11.6 Å². The zero-order chi connectivity index (χ0) is 14.0. The SMILES string of the molecule is CNC(C)c1nnc(-c2c(Cl)cccc2[N+](=O)[O-])s1. The van der Waals surface area contributed by atoms with Gasteiger partial charge in [-0.3, -0.25) is 10.1 Å². The fourth-order valence-electron chi connectivity index (χ4n) is 1.51. The van der Waals surface area contributed by atoms with Crippen molar-refractivity contribution in [3.05, 3.63) is 38.3 Å². The molecule has 0 amide bonds. The third-order valence-electron chi connectivity index (χ3n) is 2.65. The van der Waals surface area contributed by atoms with Crippen molar-refractivity contribution < 1.29 is 4.92 Å². The summed E-state index contributed by atoms with van der Waals surface area (Å²) in [6.07, 6.45) is 0. The number of hydrogen-bond donors (Lipinski definition) is 1. The highest BCUT2D eigenvalue weighted by Crippen LogP contribution is 2.38. The fourth-order valence-corrected chi connectivity index (χ4v) is 2.80. The van der Waals surface area contributed by atoms with E-state index in [9.17, 15) is 10.1 Å². The van der Waals surface area contributed by atoms with Crippen LogP contribution < -0.4 is 5.32 Å². The molecule has 0 aliphatic heterocycles. The van der Waals surface area contributed by atoms with E-state index in [1.54, 1.807) is 12.1 Å². The maximum Gasteiger partial charge on any atom is 0.281 e. The van der Waals surface area contributed by atoms with Crippen molar-refractivity contribution in [2.24, 2.45) is 0 Å². The Balaban J connectivity index is 2.53. The van der Waals surface area contributed by atoms with Crippen molar-refractivity contribution in [2.75, 3.05) is 7.05 Å². The molecule has 1 unspecified atom stereocenters. The van der Waals surface area contributed by atoms with Gasteiger partial charge in [-0.25, -0.2) is 0 Å². The molecule has 0 saturated heterocycles. The van der Waals surface area contributed by atoms with Gasteiger partial charge in [0.25, 0.3) is 5.69 Å². The molecule has 1 atom stereocenters. The smallest absolute Gasteiger partial charge is 0.281 e. The topological polar surface area (TPSA) is 81.0 Å². The third-order valence-corrected chi connectivity index (χ3v) is 4.08. The predicted molar refractivity (Wildman–Crippen MR) is 74.5 cm³/mol. The Morgan fingerprint density at radius 2 is 2.21 bits per heavy atom. The molecule has 0 radical (unpaired) electrons. The summed E-state index contributed by atoms with van der Waals surface area (Å²) in [6.45, 7) is 1.94. The summed E-state index contributed by atoms with van der Waals surface area (Å²) in [5.41, 5.74) is 0.258. The minimum absolute atomic E-state index is 0.0350. The van der Waals surface area contributed by atoms with Crippen LogP contribution in [0.3, 0.4) is 0 Å². The Kier molecular flexibility index (Phi) is 4.08. The number of halogens is 1. The molecule has 1 N–H and O–H groups in total. The Morgan fingerprint density at radius 1 is 1.47 bits per heavy atom. The Hall–Kier alpha value is -1.57. The van der Waals surface area contributed by atoms with Crippen LogP contribution >= 0.6 is 22.9 Å². The summed E-state index contributed by atoms with van der Waals surface area (Å²) in [5.74, 6) is 0. The van der Waals surface area contributed by atoms with Gasteiger partial charge in [0.05, 0.1) is 16.0 Å². The van der Waals surface area contributed by atoms with Crippen molar-refractivity contribution in [1.82, 2.24) is 15.5 Å². The molecule has 2 aromatic rings. The van der Waals surface area contributed by atoms with Gasteiger partial charge in [-0.15, -0.1) is 10.2 Å². The first-order valence-electron chi connectivity index (χ1n) is 5.48. The number of nitro benzene ring substituents is 1. The average molecular weight is 299 g/mol. The lowest BCUT2D eigenvalue weighted by Gasteiger charge is -2.03. The molecule has 0 aliphatic rings. The first-order valence-corrected chi connectivity index (χ1v) is 6.68. The second-order valence-electron chi connectivity index (χ2n) is 3.85. The van der Waals surface area contributed by atoms with Crippen LogP contribution in [0, 0.1) is 10.1 Å². The molecule has 0 aliphatic carbocycles. The molecular weight excluding hydrogens is 288 g/mol. The number of nitro groups is 1. The quantitative estimate of drug-likeness (QED) is 0.693. The lowest BCUT2D eigenvalue weighted by Crippen LogP contribution is -2.11. The third kappa shape index (κ3) is 2.73. The summed E-state index contributed by atoms with van der Waals surface area (Å²) < 4.78 is 0. The molecule has 1 heterocycles. The minimum atomic E-state index is -0.468. The molecule has 2 rings (SSSR count). The molecule has 0 spiro atoms. The molecule has 1 aromatic carbocycles. The van der Waals surface area contributed by atoms with Gasteiger partial charge in [0.1, 0.15) is 10.6 Å². The molecule has 8 heteroatoms. The lowest BCUT2D eigenvalue weighted by molar-refractivity contribution is -0.384. The summed E-state index contributed by atoms with van der Waals surface area (Å²) in [5, 5.41) is 23.6. The van der Waals surface area contributed by atoms with Crippen molar-refractivity contribution >= 4 is 28.6 Å². The van der Waals surface area contributed by atoms with Crippen LogP contribution in [0.5, 0.6) is 0 Å². The van der Waals surface area contributed by atoms with Gasteiger partial charge in [0.2, 0.25) is 0 Å². The Bertz CT molecular complexity index is 616. The van der Waals surface area contributed by atoms with E-state index in [0.717, 1.165) is 5.01 Å². The van der Waals surface area contributed by atoms with E-state index < -0.39 is 4.92 Å². The van der Waals surface area contributed by atoms with Crippen LogP contribution in [0.1, 0.15) is 18.0 Å². The predicted octanol–water partition coefficient (Wildman–Crippen LogP) is 3.05. The lowest BCUT2D eigenvalue weighted by atomic mass is 10.2. The highest BCUT2D eigenvalue weighted by molar-refractivity contribution is 7.14. The number of rotatable bonds is 4. The van der Waals surface area contributed by atoms with E-state index in [-0.39, 0.29) is 11.7 Å². The van der Waals surface area contributed by atoms with Gasteiger partial charge >= 0.3 is 0 Å². The second kappa shape index (κ2) is 5.60. The van der Waals surface area contributed by atoms with Crippen LogP contribution in [-0.4, -0.2) is 22.2 Å². The summed E-state index contributed by atoms with van der Waals surface area (Å²) in [6, 6.07) is 4.59. The molecule has 100 valence electrons. The molecule has 1 aromatic heterocycles. The van der Waals surface area contributed by atoms with E-state index in [0.29, 0.717) is 15.6 Å². The summed E-state index contributed by atoms with van der Waals surface area (Å²) >= 11 is 7.34. The van der Waals surface area contributed by atoms with Gasteiger partial charge < -0.3 is 5.32 Å². The van der Waals surface area contributed by atoms with Crippen LogP contribution in [0.15, 0.2) is 18.2 Å². The number of benzene rings is 1. The van der Waals surface area contributed by atoms with Crippen molar-refractivity contribution in [3.63, 3.8) is 0 Å². The number of hydrogen-bond acceptors (Lipinski definition) is 6. The van der Waals surface area contributed by atoms with E-state index >= 15 is 0 Å². The zero-order valence-electron chi connectivity index (χ0n) is 10.3. The van der Waals surface area contributed by atoms with Crippen LogP contribution in [0.4, 0.5) is 5.69 Å². The number of nitrogens with zero attached hydrogens (tertiary/aromatic N) is 3. The van der Waals surface area contributed by atoms with Crippen molar-refractivity contribution in [1.29, 1.82) is 0 Å². The van der Waals surface area contributed by atoms with E-state index in [2.05, 4.69) is 15.5 Å². The van der Waals surface area contributed by atoms with Gasteiger partial charge in [-0.2, -0.15) is 0 Å². The fraction of sp³-hybridized carbons (Fsp3) is 0.273. The zero-order valence-corrected chi connectivity index (χ0v) is 11.8. The van der Waals surface area contributed by atoms with Gasteiger partial charge in [-0.1, -0.05) is 29.0 Å². The average Bonchev–Trinajstić information content (AvgIpc) is 2.86. The maximum absolute atomic E-state index is 11.0. The van der Waals surface area contributed by atoms with Gasteiger partial charge in [0, 0.05) is 6.07 Å². The van der Waals surface area contributed by atoms with E-state index in [1.807, 2.05) is 14.0 Å². The molecule has 0 saturated carbocycles. The van der Waals surface area contributed by atoms with Crippen molar-refractivity contribution in [2.45, 2.75) is 13.0 Å². The molecule has 6 nitrogen and oxygen atoms in total. The van der Waals surface area contributed by atoms with Gasteiger partial charge in [0.15, 0.2) is 5.01 Å². The van der Waals surface area contributed by atoms with Crippen molar-refractivity contribution in [3.8, 4) is 10.6 Å². The molecule has 0 bridgehead atoms. The molecular formula is C11H11ClN4O2S. The monoisotopic (exact) mass is 298 g/mol. The maximum atomic E-state index is 11.0.